The molecule has 3 rings (SSSR count). The number of rotatable bonds is 4. The molecule has 0 heterocycles. The zero-order valence-electron chi connectivity index (χ0n) is 15.6. The van der Waals surface area contributed by atoms with Crippen LogP contribution in [-0.2, 0) is 21.7 Å². The van der Waals surface area contributed by atoms with Crippen LogP contribution in [0.2, 0.25) is 0 Å². The minimum absolute atomic E-state index is 0. The van der Waals surface area contributed by atoms with Crippen molar-refractivity contribution in [3.05, 3.63) is 59.7 Å². The second-order valence-electron chi connectivity index (χ2n) is 6.09. The number of hydrogen-bond acceptors (Lipinski definition) is 0. The van der Waals surface area contributed by atoms with Crippen molar-refractivity contribution in [3.8, 4) is 0 Å². The van der Waals surface area contributed by atoms with Gasteiger partial charge in [0.1, 0.15) is 0 Å². The van der Waals surface area contributed by atoms with Crippen LogP contribution in [0.5, 0.6) is 0 Å². The molecule has 134 valence electrons. The van der Waals surface area contributed by atoms with E-state index in [0.29, 0.717) is 0 Å². The van der Waals surface area contributed by atoms with Gasteiger partial charge in [0, 0.05) is 0 Å². The van der Waals surface area contributed by atoms with Crippen LogP contribution in [0.3, 0.4) is 0 Å². The summed E-state index contributed by atoms with van der Waals surface area (Å²) in [5.41, 5.74) is 2.91. The smallest absolute Gasteiger partial charge is 1.00 e. The zero-order chi connectivity index (χ0) is 15.9. The number of unbranched alkanes of at least 4 members (excludes halogenated alkanes) is 1. The van der Waals surface area contributed by atoms with E-state index in [2.05, 4.69) is 75.7 Å². The van der Waals surface area contributed by atoms with Crippen molar-refractivity contribution >= 4 is 24.0 Å². The summed E-state index contributed by atoms with van der Waals surface area (Å²) < 4.78 is 0. The van der Waals surface area contributed by atoms with Gasteiger partial charge in [0.2, 0.25) is 0 Å². The van der Waals surface area contributed by atoms with Gasteiger partial charge >= 0.3 is 21.7 Å². The molecule has 0 aliphatic heterocycles. The second kappa shape index (κ2) is 13.5. The van der Waals surface area contributed by atoms with E-state index in [1.807, 2.05) is 0 Å². The van der Waals surface area contributed by atoms with Crippen molar-refractivity contribution in [2.24, 2.45) is 0 Å². The predicted octanol–water partition coefficient (Wildman–Crippen LogP) is 0.187. The van der Waals surface area contributed by atoms with Crippen LogP contribution in [0.1, 0.15) is 39.5 Å². The fraction of sp³-hybridized carbons (Fsp3) is 0.381. The molecule has 0 N–H and O–H groups in total. The van der Waals surface area contributed by atoms with Crippen LogP contribution in [-0.4, -0.2) is 13.3 Å². The van der Waals surface area contributed by atoms with Crippen molar-refractivity contribution in [2.45, 2.75) is 39.5 Å². The van der Waals surface area contributed by atoms with E-state index in [0.717, 1.165) is 6.42 Å². The molecule has 0 bridgehead atoms. The van der Waals surface area contributed by atoms with E-state index < -0.39 is 0 Å². The summed E-state index contributed by atoms with van der Waals surface area (Å²) in [7, 11) is 0.0576. The van der Waals surface area contributed by atoms with Crippen LogP contribution in [0.25, 0.3) is 10.8 Å². The largest absolute Gasteiger partial charge is 4.00 e. The molecule has 0 saturated carbocycles. The Bertz CT molecular complexity index is 638. The van der Waals surface area contributed by atoms with E-state index in [9.17, 15) is 0 Å². The van der Waals surface area contributed by atoms with Gasteiger partial charge in [0.05, 0.1) is 0 Å². The summed E-state index contributed by atoms with van der Waals surface area (Å²) in [6, 6.07) is 13.2. The van der Waals surface area contributed by atoms with Gasteiger partial charge < -0.3 is 9.41 Å². The van der Waals surface area contributed by atoms with E-state index >= 15 is 0 Å². The van der Waals surface area contributed by atoms with Crippen molar-refractivity contribution < 1.29 is 31.1 Å². The van der Waals surface area contributed by atoms with Crippen molar-refractivity contribution in [3.63, 3.8) is 0 Å². The molecule has 1 aliphatic carbocycles. The Balaban J connectivity index is 0. The normalized spacial score (nSPS) is 12.2. The average Bonchev–Trinajstić information content (AvgIpc) is 3.11. The molecular weight excluding hydrogens is 369 g/mol. The molecule has 0 atom stereocenters. The number of fused-ring (bicyclic) bond motifs is 1. The van der Waals surface area contributed by atoms with E-state index in [4.69, 9.17) is 0 Å². The average molecular weight is 396 g/mol. The molecule has 0 fully saturated rings. The van der Waals surface area contributed by atoms with E-state index in [-0.39, 0.29) is 39.0 Å². The summed E-state index contributed by atoms with van der Waals surface area (Å²) in [6.45, 7) is 9.01. The standard InChI is InChI=1S/C11H12P.C10H15.2FH.Ti/c1-12(2)11-7-9-5-3-4-6-10(9)8-11;1-3-4-7-10-8-5-6-9(10)2;;;/h3-8H,1-2H3;6H,3-5,7H2,1-2H3;2*1H;/q2*-1;;;+4/p-2. The third-order valence-electron chi connectivity index (χ3n) is 4.10. The number of allylic oxidation sites excluding steroid dienone is 4. The first-order chi connectivity index (χ1) is 10.6. The van der Waals surface area contributed by atoms with Crippen LogP contribution >= 0.6 is 7.92 Å². The first-order valence-electron chi connectivity index (χ1n) is 8.21. The van der Waals surface area contributed by atoms with Gasteiger partial charge in [0.15, 0.2) is 0 Å². The van der Waals surface area contributed by atoms with Crippen LogP contribution in [0.4, 0.5) is 0 Å². The topological polar surface area (TPSA) is 0 Å². The summed E-state index contributed by atoms with van der Waals surface area (Å²) in [4.78, 5) is 0. The summed E-state index contributed by atoms with van der Waals surface area (Å²) in [5.74, 6) is 0. The van der Waals surface area contributed by atoms with Crippen molar-refractivity contribution in [1.29, 1.82) is 0 Å². The maximum atomic E-state index is 3.37. The molecular formula is C21H27F2PTi. The van der Waals surface area contributed by atoms with E-state index in [1.165, 1.54) is 46.5 Å². The fourth-order valence-electron chi connectivity index (χ4n) is 2.62. The maximum Gasteiger partial charge on any atom is 4.00 e. The molecule has 0 amide bonds. The Labute approximate surface area is 167 Å². The van der Waals surface area contributed by atoms with Gasteiger partial charge in [-0.25, -0.2) is 11.1 Å². The first kappa shape index (κ1) is 26.5. The Morgan fingerprint density at radius 1 is 1.16 bits per heavy atom. The van der Waals surface area contributed by atoms with Crippen LogP contribution < -0.4 is 14.7 Å². The molecule has 2 aromatic carbocycles. The monoisotopic (exact) mass is 396 g/mol. The molecule has 2 aromatic rings. The quantitative estimate of drug-likeness (QED) is 0.393. The summed E-state index contributed by atoms with van der Waals surface area (Å²) in [5, 5.41) is 4.26. The van der Waals surface area contributed by atoms with Gasteiger partial charge in [-0.15, -0.1) is 61.6 Å². The molecule has 0 saturated heterocycles. The Morgan fingerprint density at radius 2 is 1.84 bits per heavy atom. The number of benzene rings is 1. The maximum absolute atomic E-state index is 3.37. The fourth-order valence-corrected chi connectivity index (χ4v) is 3.42. The van der Waals surface area contributed by atoms with Crippen LogP contribution in [0, 0.1) is 6.08 Å². The molecule has 0 unspecified atom stereocenters. The zero-order valence-corrected chi connectivity index (χ0v) is 18.0. The van der Waals surface area contributed by atoms with E-state index in [1.54, 1.807) is 0 Å². The molecule has 4 heteroatoms. The third-order valence-corrected chi connectivity index (χ3v) is 5.39. The Hall–Kier alpha value is -0.686. The van der Waals surface area contributed by atoms with Gasteiger partial charge in [-0.2, -0.15) is 12.1 Å². The van der Waals surface area contributed by atoms with Gasteiger partial charge in [-0.3, -0.25) is 6.08 Å². The minimum atomic E-state index is 0. The Kier molecular flexibility index (Phi) is 14.3. The Morgan fingerprint density at radius 3 is 2.36 bits per heavy atom. The van der Waals surface area contributed by atoms with Crippen molar-refractivity contribution in [2.75, 3.05) is 13.3 Å². The molecule has 1 aliphatic rings. The van der Waals surface area contributed by atoms with Gasteiger partial charge in [0.25, 0.3) is 0 Å². The third kappa shape index (κ3) is 8.03. The van der Waals surface area contributed by atoms with Gasteiger partial charge in [-0.1, -0.05) is 32.3 Å². The molecule has 0 radical (unpaired) electrons. The SMILES string of the molecule is CCCCC1=[C-]CC=C1C.CP(C)c1cc2ccccc2[cH-]1.[F-].[F-].[Ti+4]. The van der Waals surface area contributed by atoms with Crippen molar-refractivity contribution in [1.82, 2.24) is 0 Å². The number of halogens is 2. The number of hydrogen-bond donors (Lipinski definition) is 0. The molecule has 25 heavy (non-hydrogen) atoms. The summed E-state index contributed by atoms with van der Waals surface area (Å²) >= 11 is 0. The molecule has 0 spiro atoms. The predicted molar refractivity (Wildman–Crippen MR) is 103 cm³/mol. The minimum Gasteiger partial charge on any atom is -1.00 e. The summed E-state index contributed by atoms with van der Waals surface area (Å²) in [6.07, 6.45) is 10.5. The molecule has 0 aromatic heterocycles. The van der Waals surface area contributed by atoms with Gasteiger partial charge in [-0.05, 0) is 13.3 Å². The first-order valence-corrected chi connectivity index (χ1v) is 10.4. The van der Waals surface area contributed by atoms with Crippen LogP contribution in [0.15, 0.2) is 53.6 Å². The molecule has 0 nitrogen and oxygen atoms in total. The second-order valence-corrected chi connectivity index (χ2v) is 8.39.